The zero-order valence-electron chi connectivity index (χ0n) is 19.8. The molecule has 3 aromatic carbocycles. The van der Waals surface area contributed by atoms with E-state index in [9.17, 15) is 14.7 Å². The van der Waals surface area contributed by atoms with Gasteiger partial charge < -0.3 is 21.5 Å². The van der Waals surface area contributed by atoms with E-state index in [2.05, 4.69) is 10.6 Å². The van der Waals surface area contributed by atoms with Crippen LogP contribution in [-0.4, -0.2) is 16.8 Å². The predicted octanol–water partition coefficient (Wildman–Crippen LogP) is 6.05. The number of ketones is 1. The number of benzene rings is 3. The number of rotatable bonds is 5. The van der Waals surface area contributed by atoms with Gasteiger partial charge in [-0.3, -0.25) is 9.59 Å². The van der Waals surface area contributed by atoms with Crippen molar-refractivity contribution in [3.63, 3.8) is 0 Å². The molecule has 5 rings (SSSR count). The summed E-state index contributed by atoms with van der Waals surface area (Å²) in [5.74, 6) is -0.836. The number of phenolic OH excluding ortho intramolecular Hbond substituents is 1. The number of carbonyl (C=O) groups excluding carboxylic acids is 2. The number of nitrogens with two attached hydrogens (primary N) is 1. The molecule has 1 aromatic heterocycles. The fourth-order valence-electron chi connectivity index (χ4n) is 4.46. The molecule has 0 saturated heterocycles. The summed E-state index contributed by atoms with van der Waals surface area (Å²) in [5, 5.41) is 16.9. The predicted molar refractivity (Wildman–Crippen MR) is 145 cm³/mol. The lowest BCUT2D eigenvalue weighted by atomic mass is 9.81. The van der Waals surface area contributed by atoms with Gasteiger partial charge in [-0.1, -0.05) is 60.2 Å². The first-order valence-corrected chi connectivity index (χ1v) is 12.3. The molecule has 0 bridgehead atoms. The zero-order valence-corrected chi connectivity index (χ0v) is 20.6. The Morgan fingerprint density at radius 2 is 1.61 bits per heavy atom. The fraction of sp³-hybridized carbons (Fsp3) is 0.103. The van der Waals surface area contributed by atoms with Gasteiger partial charge in [0.15, 0.2) is 0 Å². The Morgan fingerprint density at radius 1 is 0.944 bits per heavy atom. The summed E-state index contributed by atoms with van der Waals surface area (Å²) in [5.41, 5.74) is 11.9. The molecular weight excluding hydrogens is 470 g/mol. The minimum absolute atomic E-state index is 0.123. The first-order chi connectivity index (χ1) is 17.3. The molecule has 1 unspecified atom stereocenters. The summed E-state index contributed by atoms with van der Waals surface area (Å²) < 4.78 is 0. The van der Waals surface area contributed by atoms with Crippen LogP contribution in [0.3, 0.4) is 0 Å². The van der Waals surface area contributed by atoms with Crippen LogP contribution < -0.4 is 16.4 Å². The van der Waals surface area contributed by atoms with Gasteiger partial charge >= 0.3 is 0 Å². The highest BCUT2D eigenvalue weighted by Gasteiger charge is 2.37. The zero-order chi connectivity index (χ0) is 25.4. The topological polar surface area (TPSA) is 104 Å². The minimum atomic E-state index is -0.526. The molecule has 0 aliphatic carbocycles. The third-order valence-corrected chi connectivity index (χ3v) is 7.42. The minimum Gasteiger partial charge on any atom is -0.508 e. The smallest absolute Gasteiger partial charge is 0.254 e. The molecule has 0 fully saturated rings. The average molecular weight is 496 g/mol. The number of amides is 1. The van der Waals surface area contributed by atoms with E-state index in [4.69, 9.17) is 5.73 Å². The maximum Gasteiger partial charge on any atom is 0.254 e. The van der Waals surface area contributed by atoms with Gasteiger partial charge in [-0.2, -0.15) is 0 Å². The summed E-state index contributed by atoms with van der Waals surface area (Å²) in [6.07, 6.45) is 0. The Kier molecular flexibility index (Phi) is 6.08. The highest BCUT2D eigenvalue weighted by Crippen LogP contribution is 2.50. The molecule has 0 saturated carbocycles. The second-order valence-corrected chi connectivity index (χ2v) is 9.81. The summed E-state index contributed by atoms with van der Waals surface area (Å²) in [6.45, 7) is 3.81. The number of para-hydroxylation sites is 1. The fourth-order valence-corrected chi connectivity index (χ4v) is 5.64. The SMILES string of the molecule is CC1=C(C(=O)Nc2ccccc2)C(c2ccc(O)cc2)c2c(sc(C(=O)c3ccc(C)cc3)c2N)N1. The van der Waals surface area contributed by atoms with Crippen LogP contribution in [0.2, 0.25) is 0 Å². The lowest BCUT2D eigenvalue weighted by Gasteiger charge is -2.29. The largest absolute Gasteiger partial charge is 0.508 e. The van der Waals surface area contributed by atoms with Crippen molar-refractivity contribution in [2.24, 2.45) is 0 Å². The standard InChI is InChI=1S/C29H25N3O3S/c1-16-8-10-19(11-9-16)26(34)27-25(30)24-23(18-12-14-21(33)15-13-18)22(17(2)31-29(24)36-27)28(35)32-20-6-4-3-5-7-20/h3-15,23,31,33H,30H2,1-2H3,(H,32,35). The molecule has 1 aliphatic heterocycles. The summed E-state index contributed by atoms with van der Waals surface area (Å²) >= 11 is 1.29. The lowest BCUT2D eigenvalue weighted by Crippen LogP contribution is -2.26. The van der Waals surface area contributed by atoms with Crippen LogP contribution >= 0.6 is 11.3 Å². The third kappa shape index (κ3) is 4.25. The average Bonchev–Trinajstić information content (AvgIpc) is 3.20. The van der Waals surface area contributed by atoms with Gasteiger partial charge in [0.2, 0.25) is 5.78 Å². The van der Waals surface area contributed by atoms with Crippen molar-refractivity contribution in [1.29, 1.82) is 0 Å². The van der Waals surface area contributed by atoms with Gasteiger partial charge in [0.25, 0.3) is 5.91 Å². The first-order valence-electron chi connectivity index (χ1n) is 11.5. The molecular formula is C29H25N3O3S. The summed E-state index contributed by atoms with van der Waals surface area (Å²) in [6, 6.07) is 23.3. The summed E-state index contributed by atoms with van der Waals surface area (Å²) in [7, 11) is 0. The van der Waals surface area contributed by atoms with Gasteiger partial charge in [0.1, 0.15) is 10.6 Å². The maximum absolute atomic E-state index is 13.6. The van der Waals surface area contributed by atoms with Crippen LogP contribution in [0.25, 0.3) is 0 Å². The molecule has 4 aromatic rings. The molecule has 2 heterocycles. The van der Waals surface area contributed by atoms with E-state index in [1.54, 1.807) is 36.4 Å². The van der Waals surface area contributed by atoms with Crippen molar-refractivity contribution in [1.82, 2.24) is 0 Å². The van der Waals surface area contributed by atoms with Gasteiger partial charge in [-0.05, 0) is 43.7 Å². The molecule has 180 valence electrons. The Balaban J connectivity index is 1.62. The van der Waals surface area contributed by atoms with Crippen LogP contribution in [0.5, 0.6) is 5.75 Å². The van der Waals surface area contributed by atoms with Gasteiger partial charge in [0.05, 0.1) is 10.7 Å². The quantitative estimate of drug-likeness (QED) is 0.253. The number of phenols is 1. The van der Waals surface area contributed by atoms with Crippen molar-refractivity contribution in [3.05, 3.63) is 117 Å². The number of nitrogens with one attached hydrogen (secondary N) is 2. The highest BCUT2D eigenvalue weighted by molar-refractivity contribution is 7.19. The first kappa shape index (κ1) is 23.4. The summed E-state index contributed by atoms with van der Waals surface area (Å²) in [4.78, 5) is 27.4. The van der Waals surface area contributed by atoms with Crippen LogP contribution in [-0.2, 0) is 4.79 Å². The number of carbonyl (C=O) groups is 2. The molecule has 0 spiro atoms. The number of aryl methyl sites for hydroxylation is 1. The van der Waals surface area contributed by atoms with E-state index in [0.717, 1.165) is 16.1 Å². The Hall–Kier alpha value is -4.36. The van der Waals surface area contributed by atoms with Crippen molar-refractivity contribution in [2.75, 3.05) is 16.4 Å². The van der Waals surface area contributed by atoms with E-state index in [-0.39, 0.29) is 17.4 Å². The second-order valence-electron chi connectivity index (χ2n) is 8.79. The van der Waals surface area contributed by atoms with E-state index >= 15 is 0 Å². The monoisotopic (exact) mass is 495 g/mol. The molecule has 1 amide bonds. The molecule has 5 N–H and O–H groups in total. The number of hydrogen-bond donors (Lipinski definition) is 4. The number of hydrogen-bond acceptors (Lipinski definition) is 6. The van der Waals surface area contributed by atoms with Crippen molar-refractivity contribution >= 4 is 39.4 Å². The van der Waals surface area contributed by atoms with Crippen LogP contribution in [0.1, 0.15) is 44.8 Å². The van der Waals surface area contributed by atoms with Gasteiger partial charge in [-0.25, -0.2) is 0 Å². The van der Waals surface area contributed by atoms with E-state index < -0.39 is 5.92 Å². The van der Waals surface area contributed by atoms with E-state index in [1.807, 2.05) is 56.3 Å². The Labute approximate surface area is 213 Å². The number of aromatic hydroxyl groups is 1. The second kappa shape index (κ2) is 9.36. The molecule has 7 heteroatoms. The van der Waals surface area contributed by atoms with Crippen LogP contribution in [0.4, 0.5) is 16.4 Å². The van der Waals surface area contributed by atoms with E-state index in [0.29, 0.717) is 38.6 Å². The molecule has 1 aliphatic rings. The Bertz CT molecular complexity index is 1490. The van der Waals surface area contributed by atoms with Crippen molar-refractivity contribution in [2.45, 2.75) is 19.8 Å². The highest BCUT2D eigenvalue weighted by atomic mass is 32.1. The number of anilines is 3. The third-order valence-electron chi connectivity index (χ3n) is 6.29. The molecule has 1 atom stereocenters. The van der Waals surface area contributed by atoms with Gasteiger partial charge in [0, 0.05) is 34.0 Å². The van der Waals surface area contributed by atoms with Gasteiger partial charge in [-0.15, -0.1) is 11.3 Å². The molecule has 6 nitrogen and oxygen atoms in total. The van der Waals surface area contributed by atoms with Crippen molar-refractivity contribution in [3.8, 4) is 5.75 Å². The number of thiophene rings is 1. The van der Waals surface area contributed by atoms with E-state index in [1.165, 1.54) is 11.3 Å². The van der Waals surface area contributed by atoms with Crippen LogP contribution in [0, 0.1) is 6.92 Å². The lowest BCUT2D eigenvalue weighted by molar-refractivity contribution is -0.113. The number of nitrogen functional groups attached to an aromatic ring is 1. The molecule has 0 radical (unpaired) electrons. The van der Waals surface area contributed by atoms with Crippen molar-refractivity contribution < 1.29 is 14.7 Å². The Morgan fingerprint density at radius 3 is 2.28 bits per heavy atom. The number of allylic oxidation sites excluding steroid dienone is 1. The normalized spacial score (nSPS) is 14.7. The molecule has 36 heavy (non-hydrogen) atoms. The maximum atomic E-state index is 13.6. The number of fused-ring (bicyclic) bond motifs is 1. The van der Waals surface area contributed by atoms with Crippen LogP contribution in [0.15, 0.2) is 90.1 Å².